The Morgan fingerprint density at radius 1 is 1.24 bits per heavy atom. The fraction of sp³-hybridized carbons (Fsp3) is 0.214. The maximum atomic E-state index is 12.4. The predicted octanol–water partition coefficient (Wildman–Crippen LogP) is 3.54. The third-order valence-corrected chi connectivity index (χ3v) is 4.03. The molecular weight excluding hydrogens is 312 g/mol. The average molecular weight is 325 g/mol. The first-order valence-electron chi connectivity index (χ1n) is 6.25. The number of amides is 1. The van der Waals surface area contributed by atoms with Crippen LogP contribution in [-0.2, 0) is 6.54 Å². The summed E-state index contributed by atoms with van der Waals surface area (Å²) in [6, 6.07) is 12.4. The maximum Gasteiger partial charge on any atom is 0.324 e. The summed E-state index contributed by atoms with van der Waals surface area (Å²) in [5.74, 6) is 0.0732. The lowest BCUT2D eigenvalue weighted by Crippen LogP contribution is -2.31. The molecule has 1 aromatic heterocycles. The predicted molar refractivity (Wildman–Crippen MR) is 82.9 cm³/mol. The van der Waals surface area contributed by atoms with Crippen LogP contribution in [-0.4, -0.2) is 28.2 Å². The van der Waals surface area contributed by atoms with Gasteiger partial charge < -0.3 is 4.90 Å². The van der Waals surface area contributed by atoms with Crippen molar-refractivity contribution in [2.75, 3.05) is 12.4 Å². The van der Waals surface area contributed by atoms with Crippen LogP contribution in [0.1, 0.15) is 15.2 Å². The number of thiophene rings is 1. The molecule has 7 heteroatoms. The maximum absolute atomic E-state index is 12.4. The van der Waals surface area contributed by atoms with Gasteiger partial charge in [0.2, 0.25) is 0 Å². The fourth-order valence-corrected chi connectivity index (χ4v) is 2.85. The number of nitrogens with zero attached hydrogens (tertiary/aromatic N) is 2. The lowest BCUT2D eigenvalue weighted by molar-refractivity contribution is -0.380. The summed E-state index contributed by atoms with van der Waals surface area (Å²) in [4.78, 5) is 24.6. The molecule has 0 radical (unpaired) electrons. The molecule has 0 fully saturated rings. The van der Waals surface area contributed by atoms with E-state index in [2.05, 4.69) is 0 Å². The number of benzene rings is 1. The Morgan fingerprint density at radius 3 is 2.52 bits per heavy atom. The standard InChI is InChI=1S/C14H13ClN2O3S/c15-8-9-16(10-11-4-2-1-3-5-11)14(18)12-6-7-13(21-12)17(19)20/h1-7H,8-10H2. The van der Waals surface area contributed by atoms with E-state index < -0.39 is 4.92 Å². The van der Waals surface area contributed by atoms with Crippen LogP contribution in [0.15, 0.2) is 42.5 Å². The molecule has 0 spiro atoms. The molecule has 0 saturated heterocycles. The van der Waals surface area contributed by atoms with Crippen LogP contribution in [0.3, 0.4) is 0 Å². The van der Waals surface area contributed by atoms with Crippen molar-refractivity contribution < 1.29 is 9.72 Å². The zero-order valence-corrected chi connectivity index (χ0v) is 12.6. The number of rotatable bonds is 6. The Morgan fingerprint density at radius 2 is 1.95 bits per heavy atom. The third kappa shape index (κ3) is 4.03. The topological polar surface area (TPSA) is 63.4 Å². The molecule has 2 rings (SSSR count). The van der Waals surface area contributed by atoms with E-state index in [4.69, 9.17) is 11.6 Å². The number of alkyl halides is 1. The molecular formula is C14H13ClN2O3S. The van der Waals surface area contributed by atoms with Gasteiger partial charge in [-0.05, 0) is 11.6 Å². The lowest BCUT2D eigenvalue weighted by Gasteiger charge is -2.21. The minimum absolute atomic E-state index is 0.0381. The molecule has 0 aliphatic rings. The van der Waals surface area contributed by atoms with Crippen LogP contribution in [0.25, 0.3) is 0 Å². The van der Waals surface area contributed by atoms with Crippen molar-refractivity contribution in [1.82, 2.24) is 4.90 Å². The summed E-state index contributed by atoms with van der Waals surface area (Å²) in [6.45, 7) is 0.819. The first kappa shape index (κ1) is 15.5. The molecule has 0 saturated carbocycles. The highest BCUT2D eigenvalue weighted by Crippen LogP contribution is 2.25. The Balaban J connectivity index is 2.16. The van der Waals surface area contributed by atoms with Gasteiger partial charge in [-0.1, -0.05) is 41.7 Å². The summed E-state index contributed by atoms with van der Waals surface area (Å²) in [5.41, 5.74) is 0.988. The Labute approximate surface area is 130 Å². The smallest absolute Gasteiger partial charge is 0.324 e. The van der Waals surface area contributed by atoms with E-state index in [1.165, 1.54) is 12.1 Å². The normalized spacial score (nSPS) is 10.3. The second kappa shape index (κ2) is 7.19. The summed E-state index contributed by atoms with van der Waals surface area (Å²) in [7, 11) is 0. The van der Waals surface area contributed by atoms with Crippen molar-refractivity contribution in [3.05, 3.63) is 63.0 Å². The number of halogens is 1. The van der Waals surface area contributed by atoms with Crippen molar-refractivity contribution in [2.45, 2.75) is 6.54 Å². The van der Waals surface area contributed by atoms with Crippen molar-refractivity contribution in [3.8, 4) is 0 Å². The highest BCUT2D eigenvalue weighted by atomic mass is 35.5. The SMILES string of the molecule is O=C(c1ccc([N+](=O)[O-])s1)N(CCCl)Cc1ccccc1. The summed E-state index contributed by atoms with van der Waals surface area (Å²) in [5, 5.41) is 10.7. The molecule has 1 aromatic carbocycles. The largest absolute Gasteiger partial charge is 0.332 e. The van der Waals surface area contributed by atoms with Crippen LogP contribution in [0, 0.1) is 10.1 Å². The average Bonchev–Trinajstić information content (AvgIpc) is 2.97. The summed E-state index contributed by atoms with van der Waals surface area (Å²) < 4.78 is 0. The Hall–Kier alpha value is -1.92. The van der Waals surface area contributed by atoms with Gasteiger partial charge in [0.05, 0.1) is 9.80 Å². The van der Waals surface area contributed by atoms with Crippen molar-refractivity contribution >= 4 is 33.8 Å². The van der Waals surface area contributed by atoms with E-state index in [-0.39, 0.29) is 10.9 Å². The van der Waals surface area contributed by atoms with E-state index in [1.807, 2.05) is 30.3 Å². The lowest BCUT2D eigenvalue weighted by atomic mass is 10.2. The molecule has 0 aliphatic carbocycles. The Kier molecular flexibility index (Phi) is 5.30. The first-order valence-corrected chi connectivity index (χ1v) is 7.60. The number of hydrogen-bond donors (Lipinski definition) is 0. The first-order chi connectivity index (χ1) is 10.1. The number of hydrogen-bond acceptors (Lipinski definition) is 4. The van der Waals surface area contributed by atoms with Crippen molar-refractivity contribution in [1.29, 1.82) is 0 Å². The van der Waals surface area contributed by atoms with Gasteiger partial charge in [-0.2, -0.15) is 0 Å². The van der Waals surface area contributed by atoms with Gasteiger partial charge in [-0.3, -0.25) is 14.9 Å². The molecule has 0 unspecified atom stereocenters. The molecule has 0 atom stereocenters. The van der Waals surface area contributed by atoms with Crippen molar-refractivity contribution in [3.63, 3.8) is 0 Å². The molecule has 110 valence electrons. The molecule has 5 nitrogen and oxygen atoms in total. The zero-order chi connectivity index (χ0) is 15.2. The van der Waals surface area contributed by atoms with E-state index >= 15 is 0 Å². The van der Waals surface area contributed by atoms with Gasteiger partial charge in [0.15, 0.2) is 0 Å². The van der Waals surface area contributed by atoms with E-state index in [9.17, 15) is 14.9 Å². The highest BCUT2D eigenvalue weighted by Gasteiger charge is 2.20. The van der Waals surface area contributed by atoms with Crippen molar-refractivity contribution in [2.24, 2.45) is 0 Å². The van der Waals surface area contributed by atoms with E-state index in [1.54, 1.807) is 4.90 Å². The van der Waals surface area contributed by atoms with E-state index in [0.717, 1.165) is 16.9 Å². The molecule has 2 aromatic rings. The van der Waals surface area contributed by atoms with Crippen LogP contribution < -0.4 is 0 Å². The van der Waals surface area contributed by atoms with Gasteiger partial charge in [-0.25, -0.2) is 0 Å². The van der Waals surface area contributed by atoms with Gasteiger partial charge in [0.1, 0.15) is 0 Å². The zero-order valence-electron chi connectivity index (χ0n) is 11.1. The summed E-state index contributed by atoms with van der Waals surface area (Å²) >= 11 is 6.63. The number of carbonyl (C=O) groups excluding carboxylic acids is 1. The molecule has 21 heavy (non-hydrogen) atoms. The van der Waals surface area contributed by atoms with Gasteiger partial charge in [0, 0.05) is 25.0 Å². The molecule has 1 heterocycles. The molecule has 0 bridgehead atoms. The van der Waals surface area contributed by atoms with E-state index in [0.29, 0.717) is 23.8 Å². The number of carbonyl (C=O) groups is 1. The highest BCUT2D eigenvalue weighted by molar-refractivity contribution is 7.17. The summed E-state index contributed by atoms with van der Waals surface area (Å²) in [6.07, 6.45) is 0. The van der Waals surface area contributed by atoms with Crippen LogP contribution in [0.4, 0.5) is 5.00 Å². The van der Waals surface area contributed by atoms with Gasteiger partial charge in [-0.15, -0.1) is 11.6 Å². The third-order valence-electron chi connectivity index (χ3n) is 2.84. The fourth-order valence-electron chi connectivity index (χ4n) is 1.85. The van der Waals surface area contributed by atoms with Gasteiger partial charge in [0.25, 0.3) is 5.91 Å². The molecule has 1 amide bonds. The second-order valence-corrected chi connectivity index (χ2v) is 5.74. The minimum atomic E-state index is -0.496. The van der Waals surface area contributed by atoms with Gasteiger partial charge >= 0.3 is 5.00 Å². The van der Waals surface area contributed by atoms with Crippen LogP contribution in [0.5, 0.6) is 0 Å². The Bertz CT molecular complexity index is 630. The molecule has 0 N–H and O–H groups in total. The monoisotopic (exact) mass is 324 g/mol. The minimum Gasteiger partial charge on any atom is -0.332 e. The second-order valence-electron chi connectivity index (χ2n) is 4.30. The van der Waals surface area contributed by atoms with Crippen LogP contribution >= 0.6 is 22.9 Å². The quantitative estimate of drug-likeness (QED) is 0.464. The number of nitro groups is 1. The van der Waals surface area contributed by atoms with Crippen LogP contribution in [0.2, 0.25) is 0 Å². The molecule has 0 aliphatic heterocycles.